The number of anilines is 1. The highest BCUT2D eigenvalue weighted by Gasteiger charge is 2.49. The number of hydrogen-bond acceptors (Lipinski definition) is 3. The lowest BCUT2D eigenvalue weighted by molar-refractivity contribution is -0.132. The molecule has 1 aliphatic carbocycles. The molecule has 2 N–H and O–H groups in total. The molecule has 2 aliphatic heterocycles. The van der Waals surface area contributed by atoms with Crippen LogP contribution in [-0.2, 0) is 10.2 Å². The summed E-state index contributed by atoms with van der Waals surface area (Å²) in [5, 5.41) is 12.6. The first-order valence-corrected chi connectivity index (χ1v) is 6.02. The van der Waals surface area contributed by atoms with Crippen LogP contribution in [0.1, 0.15) is 5.56 Å². The molecule has 2 heterocycles. The van der Waals surface area contributed by atoms with Gasteiger partial charge in [0, 0.05) is 11.9 Å². The summed E-state index contributed by atoms with van der Waals surface area (Å²) >= 11 is 0. The highest BCUT2D eigenvalue weighted by atomic mass is 16.4. The molecule has 4 heteroatoms. The predicted octanol–water partition coefficient (Wildman–Crippen LogP) is 2.23. The van der Waals surface area contributed by atoms with E-state index >= 15 is 0 Å². The number of aliphatic carboxylic acids is 1. The Hall–Kier alpha value is -2.62. The Kier molecular flexibility index (Phi) is 1.75. The van der Waals surface area contributed by atoms with E-state index in [1.807, 2.05) is 30.3 Å². The number of para-hydroxylation sites is 1. The van der Waals surface area contributed by atoms with Gasteiger partial charge in [0.15, 0.2) is 0 Å². The Morgan fingerprint density at radius 2 is 2.11 bits per heavy atom. The Morgan fingerprint density at radius 1 is 1.26 bits per heavy atom. The number of nitrogens with one attached hydrogen (secondary N) is 1. The lowest BCUT2D eigenvalue weighted by Gasteiger charge is -2.28. The zero-order valence-electron chi connectivity index (χ0n) is 9.92. The molecular weight excluding hydrogens is 240 g/mol. The normalized spacial score (nSPS) is 25.6. The SMILES string of the molecule is O=C(O)C1=C2Nc3ccccc3C23C=CN=C3C=C1. The minimum Gasteiger partial charge on any atom is -0.478 e. The Labute approximate surface area is 109 Å². The molecule has 4 rings (SSSR count). The molecule has 1 spiro atoms. The first kappa shape index (κ1) is 10.3. The second-order valence-corrected chi connectivity index (χ2v) is 4.74. The summed E-state index contributed by atoms with van der Waals surface area (Å²) in [4.78, 5) is 15.8. The van der Waals surface area contributed by atoms with Gasteiger partial charge < -0.3 is 10.4 Å². The molecule has 0 bridgehead atoms. The van der Waals surface area contributed by atoms with E-state index in [4.69, 9.17) is 0 Å². The summed E-state index contributed by atoms with van der Waals surface area (Å²) < 4.78 is 0. The molecule has 0 aromatic heterocycles. The quantitative estimate of drug-likeness (QED) is 0.803. The fourth-order valence-corrected chi connectivity index (χ4v) is 3.04. The summed E-state index contributed by atoms with van der Waals surface area (Å²) in [5.74, 6) is -0.926. The monoisotopic (exact) mass is 250 g/mol. The summed E-state index contributed by atoms with van der Waals surface area (Å²) in [6.07, 6.45) is 7.11. The number of carboxylic acids is 1. The fourth-order valence-electron chi connectivity index (χ4n) is 3.04. The maximum Gasteiger partial charge on any atom is 0.337 e. The minimum atomic E-state index is -0.926. The van der Waals surface area contributed by atoms with Crippen LogP contribution < -0.4 is 5.32 Å². The van der Waals surface area contributed by atoms with E-state index in [0.29, 0.717) is 11.3 Å². The molecule has 0 saturated heterocycles. The molecule has 1 unspecified atom stereocenters. The van der Waals surface area contributed by atoms with Crippen LogP contribution in [0.15, 0.2) is 65.0 Å². The number of allylic oxidation sites excluding steroid dienone is 2. The number of nitrogens with zero attached hydrogens (tertiary/aromatic N) is 1. The molecule has 1 aromatic carbocycles. The van der Waals surface area contributed by atoms with Gasteiger partial charge in [0.1, 0.15) is 5.41 Å². The largest absolute Gasteiger partial charge is 0.478 e. The number of aliphatic imine (C=N–C) groups is 1. The van der Waals surface area contributed by atoms with Crippen molar-refractivity contribution >= 4 is 17.4 Å². The van der Waals surface area contributed by atoms with E-state index in [1.165, 1.54) is 0 Å². The van der Waals surface area contributed by atoms with Gasteiger partial charge >= 0.3 is 5.97 Å². The van der Waals surface area contributed by atoms with Gasteiger partial charge in [-0.3, -0.25) is 4.99 Å². The molecule has 19 heavy (non-hydrogen) atoms. The third-order valence-electron chi connectivity index (χ3n) is 3.86. The molecule has 0 amide bonds. The standard InChI is InChI=1S/C15H10N2O2/c18-14(19)9-5-6-12-15(7-8-16-12)10-3-1-2-4-11(10)17-13(9)15/h1-8,17H,(H,18,19). The fraction of sp³-hybridized carbons (Fsp3) is 0.0667. The van der Waals surface area contributed by atoms with Crippen LogP contribution in [0.4, 0.5) is 5.69 Å². The van der Waals surface area contributed by atoms with E-state index in [2.05, 4.69) is 10.3 Å². The molecule has 3 aliphatic rings. The van der Waals surface area contributed by atoms with Gasteiger partial charge in [0.2, 0.25) is 0 Å². The molecule has 0 radical (unpaired) electrons. The average Bonchev–Trinajstić information content (AvgIpc) is 2.97. The van der Waals surface area contributed by atoms with Crippen molar-refractivity contribution < 1.29 is 9.90 Å². The second-order valence-electron chi connectivity index (χ2n) is 4.74. The van der Waals surface area contributed by atoms with Gasteiger partial charge in [-0.15, -0.1) is 0 Å². The minimum absolute atomic E-state index is 0.293. The number of fused-ring (bicyclic) bond motifs is 1. The van der Waals surface area contributed by atoms with Gasteiger partial charge in [-0.25, -0.2) is 4.79 Å². The van der Waals surface area contributed by atoms with Crippen LogP contribution in [0.25, 0.3) is 0 Å². The first-order valence-electron chi connectivity index (χ1n) is 6.02. The Morgan fingerprint density at radius 3 is 2.95 bits per heavy atom. The maximum absolute atomic E-state index is 11.4. The van der Waals surface area contributed by atoms with Gasteiger partial charge in [0.25, 0.3) is 0 Å². The van der Waals surface area contributed by atoms with Crippen molar-refractivity contribution in [3.63, 3.8) is 0 Å². The van der Waals surface area contributed by atoms with Crippen molar-refractivity contribution in [3.05, 3.63) is 65.5 Å². The van der Waals surface area contributed by atoms with Crippen LogP contribution in [0, 0.1) is 0 Å². The zero-order chi connectivity index (χ0) is 13.0. The van der Waals surface area contributed by atoms with Gasteiger partial charge in [-0.2, -0.15) is 0 Å². The number of carbonyl (C=O) groups is 1. The predicted molar refractivity (Wildman–Crippen MR) is 72.1 cm³/mol. The van der Waals surface area contributed by atoms with Crippen molar-refractivity contribution in [3.8, 4) is 0 Å². The highest BCUT2D eigenvalue weighted by Crippen LogP contribution is 2.50. The highest BCUT2D eigenvalue weighted by molar-refractivity contribution is 6.16. The van der Waals surface area contributed by atoms with Gasteiger partial charge in [-0.1, -0.05) is 18.2 Å². The van der Waals surface area contributed by atoms with Crippen LogP contribution in [0.2, 0.25) is 0 Å². The lowest BCUT2D eigenvalue weighted by Crippen LogP contribution is -2.35. The lowest BCUT2D eigenvalue weighted by atomic mass is 9.72. The Balaban J connectivity index is 2.09. The van der Waals surface area contributed by atoms with Crippen LogP contribution >= 0.6 is 0 Å². The molecule has 92 valence electrons. The number of benzene rings is 1. The van der Waals surface area contributed by atoms with Crippen molar-refractivity contribution in [2.24, 2.45) is 4.99 Å². The van der Waals surface area contributed by atoms with Crippen molar-refractivity contribution in [1.29, 1.82) is 0 Å². The van der Waals surface area contributed by atoms with Crippen molar-refractivity contribution in [1.82, 2.24) is 0 Å². The van der Waals surface area contributed by atoms with Gasteiger partial charge in [0.05, 0.1) is 17.0 Å². The summed E-state index contributed by atoms with van der Waals surface area (Å²) in [5.41, 5.74) is 3.31. The van der Waals surface area contributed by atoms with E-state index in [1.54, 1.807) is 18.4 Å². The Bertz CT molecular complexity index is 740. The van der Waals surface area contributed by atoms with Gasteiger partial charge in [-0.05, 0) is 29.9 Å². The molecule has 0 saturated carbocycles. The topological polar surface area (TPSA) is 61.7 Å². The van der Waals surface area contributed by atoms with E-state index in [-0.39, 0.29) is 0 Å². The summed E-state index contributed by atoms with van der Waals surface area (Å²) in [6, 6.07) is 7.86. The van der Waals surface area contributed by atoms with Crippen LogP contribution in [-0.4, -0.2) is 16.8 Å². The van der Waals surface area contributed by atoms with Crippen LogP contribution in [0.5, 0.6) is 0 Å². The first-order chi connectivity index (χ1) is 9.23. The van der Waals surface area contributed by atoms with Crippen LogP contribution in [0.3, 0.4) is 0 Å². The maximum atomic E-state index is 11.4. The molecule has 1 atom stereocenters. The molecular formula is C15H10N2O2. The van der Waals surface area contributed by atoms with Crippen molar-refractivity contribution in [2.75, 3.05) is 5.32 Å². The zero-order valence-corrected chi connectivity index (χ0v) is 9.92. The molecule has 0 fully saturated rings. The van der Waals surface area contributed by atoms with Crippen molar-refractivity contribution in [2.45, 2.75) is 5.41 Å². The smallest absolute Gasteiger partial charge is 0.337 e. The third-order valence-corrected chi connectivity index (χ3v) is 3.86. The summed E-state index contributed by atoms with van der Waals surface area (Å²) in [6.45, 7) is 0. The summed E-state index contributed by atoms with van der Waals surface area (Å²) in [7, 11) is 0. The number of hydrogen-bond donors (Lipinski definition) is 2. The second kappa shape index (κ2) is 3.23. The average molecular weight is 250 g/mol. The van der Waals surface area contributed by atoms with E-state index in [9.17, 15) is 9.90 Å². The third kappa shape index (κ3) is 1.08. The molecule has 1 aromatic rings. The van der Waals surface area contributed by atoms with E-state index < -0.39 is 11.4 Å². The number of rotatable bonds is 1. The van der Waals surface area contributed by atoms with E-state index in [0.717, 1.165) is 17.0 Å². The molecule has 4 nitrogen and oxygen atoms in total. The number of carboxylic acid groups (broad SMARTS) is 1.